The van der Waals surface area contributed by atoms with Crippen molar-refractivity contribution in [2.45, 2.75) is 45.7 Å². The van der Waals surface area contributed by atoms with Crippen LogP contribution in [0.5, 0.6) is 11.5 Å². The number of morpholine rings is 2. The smallest absolute Gasteiger partial charge is 0.502 e. The highest BCUT2D eigenvalue weighted by molar-refractivity contribution is 7.98. The van der Waals surface area contributed by atoms with Crippen LogP contribution in [0, 0.1) is 23.3 Å². The summed E-state index contributed by atoms with van der Waals surface area (Å²) in [4.78, 5) is 68.6. The number of aromatic nitrogens is 2. The highest BCUT2D eigenvalue weighted by Gasteiger charge is 2.48. The third-order valence-electron chi connectivity index (χ3n) is 13.6. The molecular weight excluding hydrogens is 1010 g/mol. The number of aromatic hydroxyl groups is 1. The molecule has 2 saturated heterocycles. The first-order valence-corrected chi connectivity index (χ1v) is 25.1. The Labute approximate surface area is 426 Å². The number of carbonyl (C=O) groups is 3. The number of thioether (sulfide) groups is 2. The highest BCUT2D eigenvalue weighted by atomic mass is 32.2. The first-order valence-electron chi connectivity index (χ1n) is 23.1. The number of benzene rings is 4. The lowest BCUT2D eigenvalue weighted by Gasteiger charge is -2.51. The zero-order valence-corrected chi connectivity index (χ0v) is 40.6. The van der Waals surface area contributed by atoms with Crippen molar-refractivity contribution in [3.05, 3.63) is 186 Å². The molecule has 1 N–H and O–H groups in total. The van der Waals surface area contributed by atoms with Gasteiger partial charge in [-0.2, -0.15) is 0 Å². The average molecular weight is 1060 g/mol. The zero-order valence-electron chi connectivity index (χ0n) is 39.0. The summed E-state index contributed by atoms with van der Waals surface area (Å²) < 4.78 is 88.2. The van der Waals surface area contributed by atoms with Crippen LogP contribution in [-0.4, -0.2) is 108 Å². The fraction of sp³-hybridized carbons (Fsp3) is 0.275. The van der Waals surface area contributed by atoms with Crippen LogP contribution in [0.4, 0.5) is 22.4 Å². The van der Waals surface area contributed by atoms with Gasteiger partial charge >= 0.3 is 6.16 Å². The predicted molar refractivity (Wildman–Crippen MR) is 258 cm³/mol. The topological polar surface area (TPSA) is 175 Å². The molecule has 74 heavy (non-hydrogen) atoms. The Balaban J connectivity index is 0.000000161. The van der Waals surface area contributed by atoms with E-state index in [1.54, 1.807) is 21.9 Å². The Kier molecular flexibility index (Phi) is 13.0. The molecule has 382 valence electrons. The van der Waals surface area contributed by atoms with Crippen LogP contribution in [-0.2, 0) is 30.5 Å². The summed E-state index contributed by atoms with van der Waals surface area (Å²) in [5.74, 6) is -5.25. The number of carbonyl (C=O) groups excluding carboxylic acids is 3. The number of methoxy groups -OCH3 is 1. The van der Waals surface area contributed by atoms with Crippen LogP contribution >= 0.6 is 23.5 Å². The summed E-state index contributed by atoms with van der Waals surface area (Å²) in [6, 6.07) is 21.5. The molecule has 2 fully saturated rings. The van der Waals surface area contributed by atoms with Crippen molar-refractivity contribution in [3.8, 4) is 11.5 Å². The summed E-state index contributed by atoms with van der Waals surface area (Å²) in [6.45, 7) is 0.677. The Hall–Kier alpha value is -7.47. The molecular formula is C51H42F4N6O11S2. The van der Waals surface area contributed by atoms with Gasteiger partial charge in [0.2, 0.25) is 23.4 Å². The molecule has 6 aliphatic rings. The molecule has 0 saturated carbocycles. The van der Waals surface area contributed by atoms with Gasteiger partial charge in [0.1, 0.15) is 12.3 Å². The Bertz CT molecular complexity index is 3400. The lowest BCUT2D eigenvalue weighted by atomic mass is 9.93. The van der Waals surface area contributed by atoms with E-state index in [1.165, 1.54) is 57.4 Å². The van der Waals surface area contributed by atoms with Crippen molar-refractivity contribution in [1.82, 2.24) is 19.2 Å². The highest BCUT2D eigenvalue weighted by Crippen LogP contribution is 2.47. The molecule has 12 rings (SSSR count). The SMILES string of the molecule is COC(=O)OCOc1c2n(ccc1=O)N([C@@H]1c3ccccc3SCc3c1ccc(F)c3F)[C@@H]1COCCN1C2=O.O=C1c2c(O)c(=O)ccn2N([C@@H]2c3ccccc3SCc3c2ccc(F)c3F)[C@@H]2COCCN12. The van der Waals surface area contributed by atoms with Crippen LogP contribution in [0.1, 0.15) is 66.4 Å². The fourth-order valence-corrected chi connectivity index (χ4v) is 12.5. The average Bonchev–Trinajstić information content (AvgIpc) is 3.72. The Morgan fingerprint density at radius 3 is 1.66 bits per heavy atom. The summed E-state index contributed by atoms with van der Waals surface area (Å²) in [5.41, 5.74) is 1.59. The molecule has 17 nitrogen and oxygen atoms in total. The number of amides is 2. The molecule has 4 atom stereocenters. The minimum absolute atomic E-state index is 0.0994. The molecule has 8 heterocycles. The molecule has 0 aliphatic carbocycles. The number of pyridine rings is 2. The molecule has 0 bridgehead atoms. The van der Waals surface area contributed by atoms with Crippen LogP contribution in [0.25, 0.3) is 0 Å². The molecule has 0 spiro atoms. The van der Waals surface area contributed by atoms with Crippen molar-refractivity contribution >= 4 is 41.5 Å². The predicted octanol–water partition coefficient (Wildman–Crippen LogP) is 6.37. The first-order chi connectivity index (χ1) is 35.9. The summed E-state index contributed by atoms with van der Waals surface area (Å²) in [5, 5.41) is 14.2. The lowest BCUT2D eigenvalue weighted by molar-refractivity contribution is -0.0209. The van der Waals surface area contributed by atoms with E-state index in [2.05, 4.69) is 4.74 Å². The van der Waals surface area contributed by atoms with E-state index in [4.69, 9.17) is 18.9 Å². The molecule has 23 heteroatoms. The van der Waals surface area contributed by atoms with Gasteiger partial charge in [-0.3, -0.25) is 38.5 Å². The fourth-order valence-electron chi connectivity index (χ4n) is 10.3. The van der Waals surface area contributed by atoms with Crippen LogP contribution in [0.2, 0.25) is 0 Å². The normalized spacial score (nSPS) is 20.3. The second-order valence-corrected chi connectivity index (χ2v) is 19.5. The van der Waals surface area contributed by atoms with Gasteiger partial charge in [-0.25, -0.2) is 22.4 Å². The minimum Gasteiger partial charge on any atom is -0.502 e. The molecule has 6 aromatic rings. The second kappa shape index (κ2) is 19.8. The van der Waals surface area contributed by atoms with Gasteiger partial charge in [-0.05, 0) is 46.5 Å². The van der Waals surface area contributed by atoms with Crippen molar-refractivity contribution in [1.29, 1.82) is 0 Å². The maximum absolute atomic E-state index is 15.3. The maximum Gasteiger partial charge on any atom is 0.510 e. The third kappa shape index (κ3) is 8.17. The van der Waals surface area contributed by atoms with Gasteiger partial charge in [0.05, 0.1) is 45.6 Å². The van der Waals surface area contributed by atoms with Gasteiger partial charge in [-0.1, -0.05) is 48.5 Å². The molecule has 0 radical (unpaired) electrons. The van der Waals surface area contributed by atoms with Gasteiger partial charge in [-0.15, -0.1) is 23.5 Å². The van der Waals surface area contributed by atoms with E-state index in [1.807, 2.05) is 58.5 Å². The number of halogens is 4. The van der Waals surface area contributed by atoms with Crippen molar-refractivity contribution in [2.75, 3.05) is 63.4 Å². The van der Waals surface area contributed by atoms with Crippen molar-refractivity contribution < 1.29 is 60.7 Å². The molecule has 6 aliphatic heterocycles. The number of hydrogen-bond donors (Lipinski definition) is 1. The van der Waals surface area contributed by atoms with Crippen LogP contribution in [0.15, 0.2) is 117 Å². The third-order valence-corrected chi connectivity index (χ3v) is 15.9. The van der Waals surface area contributed by atoms with Gasteiger partial charge in [0.25, 0.3) is 11.8 Å². The van der Waals surface area contributed by atoms with E-state index in [0.29, 0.717) is 17.7 Å². The van der Waals surface area contributed by atoms with Gasteiger partial charge in [0.15, 0.2) is 40.4 Å². The molecule has 4 aromatic carbocycles. The summed E-state index contributed by atoms with van der Waals surface area (Å²) in [6.07, 6.45) is 0.594. The first kappa shape index (κ1) is 48.8. The molecule has 2 aromatic heterocycles. The van der Waals surface area contributed by atoms with E-state index in [0.717, 1.165) is 40.2 Å². The van der Waals surface area contributed by atoms with Crippen molar-refractivity contribution in [2.24, 2.45) is 0 Å². The molecule has 2 amide bonds. The lowest BCUT2D eigenvalue weighted by Crippen LogP contribution is -2.66. The van der Waals surface area contributed by atoms with E-state index >= 15 is 8.78 Å². The van der Waals surface area contributed by atoms with Gasteiger partial charge in [0, 0.05) is 70.0 Å². The van der Waals surface area contributed by atoms with Gasteiger partial charge < -0.3 is 38.6 Å². The summed E-state index contributed by atoms with van der Waals surface area (Å²) in [7, 11) is 1.12. The van der Waals surface area contributed by atoms with E-state index in [-0.39, 0.29) is 72.7 Å². The maximum atomic E-state index is 15.3. The Morgan fingerprint density at radius 2 is 1.14 bits per heavy atom. The number of ether oxygens (including phenoxy) is 5. The number of rotatable bonds is 5. The molecule has 0 unspecified atom stereocenters. The minimum atomic E-state index is -1.02. The zero-order chi connectivity index (χ0) is 51.5. The largest absolute Gasteiger partial charge is 0.510 e. The second-order valence-electron chi connectivity index (χ2n) is 17.5. The summed E-state index contributed by atoms with van der Waals surface area (Å²) >= 11 is 2.79. The van der Waals surface area contributed by atoms with E-state index < -0.39 is 89.1 Å². The Morgan fingerprint density at radius 1 is 0.649 bits per heavy atom. The standard InChI is InChI=1S/C27H23F2N3O7S.C24H19F2N3O4S/c1-36-27(35)39-14-38-25-19(33)8-9-31-24(25)26(34)30-10-11-37-12-21(30)32(31)23-15-6-7-18(28)22(29)17(15)13-40-20-5-3-2-4-16(20)23;25-16-6-5-13-15(20(16)26)12-34-18-4-2-1-3-14(18)21(13)29-19-11-33-10-9-27(19)24(32)22-23(31)17(30)7-8-28(22)29/h2-9,21,23H,10-14H2,1H3;1-8,19,21,31H,9-12H2/t21-,23+;19-,21+/m11/s1. The van der Waals surface area contributed by atoms with Crippen molar-refractivity contribution in [3.63, 3.8) is 0 Å². The van der Waals surface area contributed by atoms with E-state index in [9.17, 15) is 37.9 Å². The number of hydrogen-bond acceptors (Lipinski definition) is 15. The number of nitrogens with zero attached hydrogens (tertiary/aromatic N) is 6. The monoisotopic (exact) mass is 1050 g/mol. The number of fused-ring (bicyclic) bond motifs is 8. The quantitative estimate of drug-likeness (QED) is 0.115. The van der Waals surface area contributed by atoms with Crippen LogP contribution in [0.3, 0.4) is 0 Å². The van der Waals surface area contributed by atoms with Crippen LogP contribution < -0.4 is 25.6 Å².